The van der Waals surface area contributed by atoms with E-state index in [0.717, 1.165) is 6.29 Å². The molecule has 15 heavy (non-hydrogen) atoms. The first kappa shape index (κ1) is 9.91. The van der Waals surface area contributed by atoms with Gasteiger partial charge in [-0.15, -0.1) is 0 Å². The van der Waals surface area contributed by atoms with Crippen molar-refractivity contribution in [3.8, 4) is 0 Å². The van der Waals surface area contributed by atoms with Crippen molar-refractivity contribution in [2.24, 2.45) is 0 Å². The van der Waals surface area contributed by atoms with Crippen molar-refractivity contribution in [2.75, 3.05) is 0 Å². The number of hydrogen-bond acceptors (Lipinski definition) is 1. The summed E-state index contributed by atoms with van der Waals surface area (Å²) >= 11 is 0. The Morgan fingerprint density at radius 1 is 1.13 bits per heavy atom. The molecule has 0 amide bonds. The van der Waals surface area contributed by atoms with Crippen molar-refractivity contribution in [1.29, 1.82) is 0 Å². The van der Waals surface area contributed by atoms with Crippen LogP contribution in [0.5, 0.6) is 0 Å². The molecule has 0 heterocycles. The SMILES string of the molecule is CC(CC=O)c1cccc2ccccc12. The molecule has 0 aliphatic rings. The second-order valence-corrected chi connectivity index (χ2v) is 3.87. The zero-order chi connectivity index (χ0) is 10.7. The Hall–Kier alpha value is -1.63. The Morgan fingerprint density at radius 2 is 1.87 bits per heavy atom. The van der Waals surface area contributed by atoms with E-state index in [1.165, 1.54) is 16.3 Å². The number of carbonyl (C=O) groups excluding carboxylic acids is 1. The van der Waals surface area contributed by atoms with Gasteiger partial charge in [0, 0.05) is 6.42 Å². The van der Waals surface area contributed by atoms with Gasteiger partial charge in [0.15, 0.2) is 0 Å². The average Bonchev–Trinajstić information content (AvgIpc) is 2.28. The zero-order valence-corrected chi connectivity index (χ0v) is 8.81. The van der Waals surface area contributed by atoms with Gasteiger partial charge in [-0.05, 0) is 22.3 Å². The number of rotatable bonds is 3. The molecular weight excluding hydrogens is 184 g/mol. The third-order valence-electron chi connectivity index (χ3n) is 2.80. The summed E-state index contributed by atoms with van der Waals surface area (Å²) in [6, 6.07) is 14.6. The molecule has 0 fully saturated rings. The van der Waals surface area contributed by atoms with Gasteiger partial charge < -0.3 is 4.79 Å². The summed E-state index contributed by atoms with van der Waals surface area (Å²) in [6.45, 7) is 2.09. The summed E-state index contributed by atoms with van der Waals surface area (Å²) in [7, 11) is 0. The molecule has 1 unspecified atom stereocenters. The highest BCUT2D eigenvalue weighted by molar-refractivity contribution is 5.86. The Morgan fingerprint density at radius 3 is 2.67 bits per heavy atom. The van der Waals surface area contributed by atoms with Crippen LogP contribution in [0.25, 0.3) is 10.8 Å². The van der Waals surface area contributed by atoms with Gasteiger partial charge in [0.2, 0.25) is 0 Å². The molecule has 0 aromatic heterocycles. The normalized spacial score (nSPS) is 12.6. The topological polar surface area (TPSA) is 17.1 Å². The lowest BCUT2D eigenvalue weighted by Crippen LogP contribution is -1.95. The third-order valence-corrected chi connectivity index (χ3v) is 2.80. The van der Waals surface area contributed by atoms with Crippen LogP contribution in [0.1, 0.15) is 24.8 Å². The summed E-state index contributed by atoms with van der Waals surface area (Å²) in [6.07, 6.45) is 1.58. The van der Waals surface area contributed by atoms with E-state index in [1.807, 2.05) is 12.1 Å². The first-order chi connectivity index (χ1) is 7.33. The summed E-state index contributed by atoms with van der Waals surface area (Å²) in [5.74, 6) is 0.300. The molecule has 2 aromatic rings. The minimum atomic E-state index is 0.300. The van der Waals surface area contributed by atoms with Crippen LogP contribution in [0.4, 0.5) is 0 Å². The molecule has 2 aromatic carbocycles. The van der Waals surface area contributed by atoms with E-state index in [-0.39, 0.29) is 0 Å². The van der Waals surface area contributed by atoms with Gasteiger partial charge in [-0.1, -0.05) is 49.4 Å². The third kappa shape index (κ3) is 1.91. The summed E-state index contributed by atoms with van der Waals surface area (Å²) in [4.78, 5) is 10.5. The molecule has 1 heteroatoms. The average molecular weight is 198 g/mol. The quantitative estimate of drug-likeness (QED) is 0.689. The number of benzene rings is 2. The molecule has 0 saturated heterocycles. The molecule has 0 radical (unpaired) electrons. The highest BCUT2D eigenvalue weighted by atomic mass is 16.1. The fraction of sp³-hybridized carbons (Fsp3) is 0.214. The van der Waals surface area contributed by atoms with Crippen LogP contribution >= 0.6 is 0 Å². The first-order valence-electron chi connectivity index (χ1n) is 5.24. The Bertz CT molecular complexity index is 468. The standard InChI is InChI=1S/C14H14O/c1-11(9-10-15)13-8-4-6-12-5-2-3-7-14(12)13/h2-8,10-11H,9H2,1H3. The second-order valence-electron chi connectivity index (χ2n) is 3.87. The Kier molecular flexibility index (Phi) is 2.82. The van der Waals surface area contributed by atoms with Gasteiger partial charge in [-0.25, -0.2) is 0 Å². The predicted molar refractivity (Wildman–Crippen MR) is 63.0 cm³/mol. The van der Waals surface area contributed by atoms with Crippen molar-refractivity contribution >= 4 is 17.1 Å². The fourth-order valence-corrected chi connectivity index (χ4v) is 1.95. The number of hydrogen-bond donors (Lipinski definition) is 0. The highest BCUT2D eigenvalue weighted by Crippen LogP contribution is 2.26. The number of fused-ring (bicyclic) bond motifs is 1. The lowest BCUT2D eigenvalue weighted by Gasteiger charge is -2.11. The van der Waals surface area contributed by atoms with Crippen LogP contribution in [0.2, 0.25) is 0 Å². The van der Waals surface area contributed by atoms with Crippen molar-refractivity contribution in [2.45, 2.75) is 19.3 Å². The number of aldehydes is 1. The van der Waals surface area contributed by atoms with Gasteiger partial charge in [-0.3, -0.25) is 0 Å². The van der Waals surface area contributed by atoms with Crippen molar-refractivity contribution in [3.05, 3.63) is 48.0 Å². The number of carbonyl (C=O) groups is 1. The first-order valence-corrected chi connectivity index (χ1v) is 5.24. The van der Waals surface area contributed by atoms with E-state index < -0.39 is 0 Å². The molecule has 0 saturated carbocycles. The van der Waals surface area contributed by atoms with Crippen LogP contribution in [-0.4, -0.2) is 6.29 Å². The molecular formula is C14H14O. The van der Waals surface area contributed by atoms with Crippen LogP contribution < -0.4 is 0 Å². The molecule has 2 rings (SSSR count). The smallest absolute Gasteiger partial charge is 0.120 e. The van der Waals surface area contributed by atoms with Gasteiger partial charge in [0.1, 0.15) is 6.29 Å². The van der Waals surface area contributed by atoms with E-state index in [9.17, 15) is 4.79 Å². The molecule has 0 spiro atoms. The van der Waals surface area contributed by atoms with E-state index in [2.05, 4.69) is 37.3 Å². The maximum Gasteiger partial charge on any atom is 0.120 e. The molecule has 1 nitrogen and oxygen atoms in total. The molecule has 0 bridgehead atoms. The second kappa shape index (κ2) is 4.26. The van der Waals surface area contributed by atoms with Crippen LogP contribution in [0, 0.1) is 0 Å². The summed E-state index contributed by atoms with van der Waals surface area (Å²) < 4.78 is 0. The van der Waals surface area contributed by atoms with Gasteiger partial charge in [0.25, 0.3) is 0 Å². The van der Waals surface area contributed by atoms with Crippen LogP contribution in [0.3, 0.4) is 0 Å². The minimum Gasteiger partial charge on any atom is -0.303 e. The fourth-order valence-electron chi connectivity index (χ4n) is 1.95. The maximum atomic E-state index is 10.5. The van der Waals surface area contributed by atoms with Crippen molar-refractivity contribution < 1.29 is 4.79 Å². The van der Waals surface area contributed by atoms with Gasteiger partial charge in [0.05, 0.1) is 0 Å². The zero-order valence-electron chi connectivity index (χ0n) is 8.81. The lowest BCUT2D eigenvalue weighted by atomic mass is 9.93. The molecule has 0 aliphatic carbocycles. The van der Waals surface area contributed by atoms with Gasteiger partial charge >= 0.3 is 0 Å². The summed E-state index contributed by atoms with van der Waals surface area (Å²) in [5, 5.41) is 2.50. The lowest BCUT2D eigenvalue weighted by molar-refractivity contribution is -0.108. The molecule has 76 valence electrons. The van der Waals surface area contributed by atoms with Crippen molar-refractivity contribution in [1.82, 2.24) is 0 Å². The van der Waals surface area contributed by atoms with Crippen LogP contribution in [-0.2, 0) is 4.79 Å². The molecule has 0 N–H and O–H groups in total. The molecule has 1 atom stereocenters. The monoisotopic (exact) mass is 198 g/mol. The molecule has 0 aliphatic heterocycles. The van der Waals surface area contributed by atoms with E-state index in [1.54, 1.807) is 0 Å². The highest BCUT2D eigenvalue weighted by Gasteiger charge is 2.07. The van der Waals surface area contributed by atoms with Crippen LogP contribution in [0.15, 0.2) is 42.5 Å². The maximum absolute atomic E-state index is 10.5. The Balaban J connectivity index is 2.55. The Labute approximate surface area is 89.7 Å². The van der Waals surface area contributed by atoms with E-state index >= 15 is 0 Å². The summed E-state index contributed by atoms with van der Waals surface area (Å²) in [5.41, 5.74) is 1.26. The van der Waals surface area contributed by atoms with Crippen molar-refractivity contribution in [3.63, 3.8) is 0 Å². The van der Waals surface area contributed by atoms with E-state index in [0.29, 0.717) is 12.3 Å². The minimum absolute atomic E-state index is 0.300. The predicted octanol–water partition coefficient (Wildman–Crippen LogP) is 3.53. The van der Waals surface area contributed by atoms with Gasteiger partial charge in [-0.2, -0.15) is 0 Å². The largest absolute Gasteiger partial charge is 0.303 e. The van der Waals surface area contributed by atoms with E-state index in [4.69, 9.17) is 0 Å².